The molecule has 23 heavy (non-hydrogen) atoms. The third-order valence-corrected chi connectivity index (χ3v) is 4.78. The highest BCUT2D eigenvalue weighted by atomic mass is 32.1. The molecule has 1 fully saturated rings. The fraction of sp³-hybridized carbons (Fsp3) is 0.368. The highest BCUT2D eigenvalue weighted by Gasteiger charge is 2.19. The van der Waals surface area contributed by atoms with Crippen LogP contribution in [0.1, 0.15) is 44.1 Å². The van der Waals surface area contributed by atoms with E-state index >= 15 is 0 Å². The normalized spacial score (nSPS) is 20.8. The van der Waals surface area contributed by atoms with Gasteiger partial charge in [0.25, 0.3) is 0 Å². The summed E-state index contributed by atoms with van der Waals surface area (Å²) in [4.78, 5) is 7.62. The molecule has 0 bridgehead atoms. The van der Waals surface area contributed by atoms with Gasteiger partial charge >= 0.3 is 0 Å². The van der Waals surface area contributed by atoms with Crippen LogP contribution in [-0.4, -0.2) is 10.1 Å². The minimum Gasteiger partial charge on any atom is -0.218 e. The predicted molar refractivity (Wildman–Crippen MR) is 94.7 cm³/mol. The first-order chi connectivity index (χ1) is 11.2. The summed E-state index contributed by atoms with van der Waals surface area (Å²) < 4.78 is 13.8. The second-order valence-corrected chi connectivity index (χ2v) is 6.47. The Hall–Kier alpha value is -1.90. The van der Waals surface area contributed by atoms with Crippen LogP contribution in [0.4, 0.5) is 10.1 Å². The molecule has 1 aromatic carbocycles. The summed E-state index contributed by atoms with van der Waals surface area (Å²) in [5.41, 5.74) is 3.02. The summed E-state index contributed by atoms with van der Waals surface area (Å²) in [5, 5.41) is 2.16. The van der Waals surface area contributed by atoms with E-state index in [1.165, 1.54) is 31.2 Å². The number of rotatable bonds is 3. The van der Waals surface area contributed by atoms with Gasteiger partial charge in [-0.2, -0.15) is 9.38 Å². The van der Waals surface area contributed by atoms with Crippen molar-refractivity contribution in [2.24, 2.45) is 10.9 Å². The van der Waals surface area contributed by atoms with Crippen molar-refractivity contribution in [3.05, 3.63) is 47.9 Å². The third kappa shape index (κ3) is 3.72. The number of nitrogens with zero attached hydrogens (tertiary/aromatic N) is 2. The molecule has 2 nitrogen and oxygen atoms in total. The lowest BCUT2D eigenvalue weighted by molar-refractivity contribution is 0.348. The number of hydrogen-bond donors (Lipinski definition) is 0. The van der Waals surface area contributed by atoms with Gasteiger partial charge in [-0.25, -0.2) is 4.98 Å². The van der Waals surface area contributed by atoms with Crippen LogP contribution in [0.25, 0.3) is 11.3 Å². The average molecular weight is 326 g/mol. The van der Waals surface area contributed by atoms with Crippen molar-refractivity contribution in [2.75, 3.05) is 0 Å². The molecule has 0 aliphatic heterocycles. The Kier molecular flexibility index (Phi) is 4.94. The second kappa shape index (κ2) is 7.12. The quantitative estimate of drug-likeness (QED) is 0.397. The molecule has 1 aliphatic rings. The van der Waals surface area contributed by atoms with Gasteiger partial charge in [0.05, 0.1) is 10.9 Å². The first kappa shape index (κ1) is 16.0. The van der Waals surface area contributed by atoms with E-state index in [1.54, 1.807) is 12.1 Å². The molecule has 1 saturated carbocycles. The molecule has 2 aromatic rings. The summed E-state index contributed by atoms with van der Waals surface area (Å²) in [6.07, 6.45) is 5.14. The highest BCUT2D eigenvalue weighted by molar-refractivity contribution is 7.78. The molecule has 1 aliphatic carbocycles. The lowest BCUT2D eigenvalue weighted by Gasteiger charge is -2.26. The first-order valence-corrected chi connectivity index (χ1v) is 8.43. The lowest BCUT2D eigenvalue weighted by atomic mass is 9.79. The zero-order valence-electron chi connectivity index (χ0n) is 13.1. The van der Waals surface area contributed by atoms with Gasteiger partial charge in [0.2, 0.25) is 5.95 Å². The van der Waals surface area contributed by atoms with Crippen LogP contribution in [-0.2, 0) is 0 Å². The minimum atomic E-state index is -0.620. The highest BCUT2D eigenvalue weighted by Crippen LogP contribution is 2.36. The number of pyridine rings is 1. The van der Waals surface area contributed by atoms with E-state index in [4.69, 9.17) is 0 Å². The van der Waals surface area contributed by atoms with Crippen LogP contribution >= 0.6 is 12.2 Å². The number of aliphatic imine (C=N–C) groups is 1. The standard InChI is InChI=1S/C19H19FN2S/c1-13-2-4-14(5-3-13)15-6-8-16(9-7-15)17-10-11-18(21-12-23)19(20)22-17/h6-11,13-14H,2-5H2,1H3. The van der Waals surface area contributed by atoms with Crippen molar-refractivity contribution in [2.45, 2.75) is 38.5 Å². The molecule has 0 saturated heterocycles. The molecule has 118 valence electrons. The lowest BCUT2D eigenvalue weighted by Crippen LogP contribution is -2.10. The van der Waals surface area contributed by atoms with Gasteiger partial charge in [-0.3, -0.25) is 0 Å². The Morgan fingerprint density at radius 2 is 1.78 bits per heavy atom. The summed E-state index contributed by atoms with van der Waals surface area (Å²) in [6, 6.07) is 11.7. The summed E-state index contributed by atoms with van der Waals surface area (Å²) in [7, 11) is 0. The zero-order valence-corrected chi connectivity index (χ0v) is 13.9. The van der Waals surface area contributed by atoms with Gasteiger partial charge in [-0.1, -0.05) is 44.0 Å². The Bertz CT molecular complexity index is 728. The van der Waals surface area contributed by atoms with E-state index in [2.05, 4.69) is 46.4 Å². The van der Waals surface area contributed by atoms with E-state index in [-0.39, 0.29) is 5.69 Å². The monoisotopic (exact) mass is 326 g/mol. The van der Waals surface area contributed by atoms with Gasteiger partial charge < -0.3 is 0 Å². The number of isothiocyanates is 1. The molecular weight excluding hydrogens is 307 g/mol. The molecule has 0 atom stereocenters. The zero-order chi connectivity index (χ0) is 16.2. The Balaban J connectivity index is 1.79. The van der Waals surface area contributed by atoms with E-state index < -0.39 is 5.95 Å². The number of benzene rings is 1. The largest absolute Gasteiger partial charge is 0.240 e. The number of hydrogen-bond acceptors (Lipinski definition) is 3. The molecule has 1 aromatic heterocycles. The first-order valence-electron chi connectivity index (χ1n) is 8.02. The molecule has 0 spiro atoms. The van der Waals surface area contributed by atoms with Gasteiger partial charge in [0.15, 0.2) is 0 Å². The third-order valence-electron chi connectivity index (χ3n) is 4.69. The van der Waals surface area contributed by atoms with Crippen molar-refractivity contribution in [3.8, 4) is 11.3 Å². The van der Waals surface area contributed by atoms with E-state index in [0.717, 1.165) is 11.5 Å². The molecule has 0 amide bonds. The molecule has 0 radical (unpaired) electrons. The Morgan fingerprint density at radius 3 is 2.39 bits per heavy atom. The van der Waals surface area contributed by atoms with Crippen molar-refractivity contribution >= 4 is 23.1 Å². The maximum atomic E-state index is 13.8. The van der Waals surface area contributed by atoms with Gasteiger partial charge in [0, 0.05) is 5.56 Å². The second-order valence-electron chi connectivity index (χ2n) is 6.29. The van der Waals surface area contributed by atoms with Crippen molar-refractivity contribution in [1.82, 2.24) is 4.98 Å². The minimum absolute atomic E-state index is 0.122. The maximum absolute atomic E-state index is 13.8. The van der Waals surface area contributed by atoms with Crippen LogP contribution in [0.2, 0.25) is 0 Å². The van der Waals surface area contributed by atoms with E-state index in [0.29, 0.717) is 11.6 Å². The van der Waals surface area contributed by atoms with Gasteiger partial charge in [-0.15, -0.1) is 0 Å². The number of thiocarbonyl (C=S) groups is 1. The Morgan fingerprint density at radius 1 is 1.09 bits per heavy atom. The van der Waals surface area contributed by atoms with Crippen molar-refractivity contribution < 1.29 is 4.39 Å². The molecule has 0 unspecified atom stereocenters. The SMILES string of the molecule is CC1CCC(c2ccc(-c3ccc(N=C=S)c(F)n3)cc2)CC1. The smallest absolute Gasteiger partial charge is 0.218 e. The molecular formula is C19H19FN2S. The van der Waals surface area contributed by atoms with Crippen molar-refractivity contribution in [1.29, 1.82) is 0 Å². The Labute approximate surface area is 141 Å². The molecule has 1 heterocycles. The number of aromatic nitrogens is 1. The topological polar surface area (TPSA) is 25.2 Å². The molecule has 0 N–H and O–H groups in total. The van der Waals surface area contributed by atoms with Crippen LogP contribution in [0.15, 0.2) is 41.4 Å². The number of halogens is 1. The van der Waals surface area contributed by atoms with Crippen LogP contribution < -0.4 is 0 Å². The van der Waals surface area contributed by atoms with E-state index in [9.17, 15) is 4.39 Å². The summed E-state index contributed by atoms with van der Waals surface area (Å²) in [6.45, 7) is 2.33. The van der Waals surface area contributed by atoms with Gasteiger partial charge in [-0.05, 0) is 54.6 Å². The predicted octanol–water partition coefficient (Wildman–Crippen LogP) is 5.92. The van der Waals surface area contributed by atoms with Crippen molar-refractivity contribution in [3.63, 3.8) is 0 Å². The van der Waals surface area contributed by atoms with Crippen LogP contribution in [0.3, 0.4) is 0 Å². The molecule has 3 rings (SSSR count). The summed E-state index contributed by atoms with van der Waals surface area (Å²) >= 11 is 4.49. The molecule has 4 heteroatoms. The summed E-state index contributed by atoms with van der Waals surface area (Å²) in [5.74, 6) is 0.890. The fourth-order valence-electron chi connectivity index (χ4n) is 3.24. The van der Waals surface area contributed by atoms with Gasteiger partial charge in [0.1, 0.15) is 5.69 Å². The maximum Gasteiger partial charge on any atom is 0.240 e. The fourth-order valence-corrected chi connectivity index (χ4v) is 3.34. The van der Waals surface area contributed by atoms with Crippen LogP contribution in [0, 0.1) is 11.9 Å². The van der Waals surface area contributed by atoms with E-state index in [1.807, 2.05) is 12.1 Å². The van der Waals surface area contributed by atoms with Crippen LogP contribution in [0.5, 0.6) is 0 Å². The average Bonchev–Trinajstić information content (AvgIpc) is 2.58.